The lowest BCUT2D eigenvalue weighted by atomic mass is 9.84. The van der Waals surface area contributed by atoms with Crippen molar-refractivity contribution < 1.29 is 12.8 Å². The Balaban J connectivity index is 2.11. The molecule has 116 valence electrons. The second-order valence-electron chi connectivity index (χ2n) is 6.04. The molecule has 0 bridgehead atoms. The highest BCUT2D eigenvalue weighted by atomic mass is 32.2. The number of anilines is 1. The maximum absolute atomic E-state index is 13.6. The molecule has 0 aromatic heterocycles. The fraction of sp³-hybridized carbons (Fsp3) is 0.571. The van der Waals surface area contributed by atoms with Crippen LogP contribution in [0, 0.1) is 5.82 Å². The lowest BCUT2D eigenvalue weighted by Gasteiger charge is -2.42. The van der Waals surface area contributed by atoms with Gasteiger partial charge in [0.05, 0.1) is 11.2 Å². The first-order chi connectivity index (χ1) is 9.85. The van der Waals surface area contributed by atoms with Gasteiger partial charge in [-0.2, -0.15) is 12.7 Å². The number of nitrogens with zero attached hydrogens (tertiary/aromatic N) is 2. The minimum Gasteiger partial charge on any atom is -0.314 e. The molecule has 2 saturated heterocycles. The highest BCUT2D eigenvalue weighted by Crippen LogP contribution is 2.42. The monoisotopic (exact) mass is 313 g/mol. The van der Waals surface area contributed by atoms with E-state index < -0.39 is 21.6 Å². The van der Waals surface area contributed by atoms with Crippen molar-refractivity contribution in [1.29, 1.82) is 0 Å². The largest absolute Gasteiger partial charge is 0.314 e. The molecule has 0 radical (unpaired) electrons. The Morgan fingerprint density at radius 3 is 2.86 bits per heavy atom. The van der Waals surface area contributed by atoms with Crippen molar-refractivity contribution in [2.24, 2.45) is 0 Å². The molecule has 0 unspecified atom stereocenters. The van der Waals surface area contributed by atoms with Crippen LogP contribution in [0.4, 0.5) is 10.1 Å². The van der Waals surface area contributed by atoms with E-state index in [-0.39, 0.29) is 6.04 Å². The van der Waals surface area contributed by atoms with Crippen LogP contribution in [-0.2, 0) is 10.2 Å². The number of rotatable bonds is 1. The molecule has 2 heterocycles. The molecule has 1 aromatic rings. The minimum atomic E-state index is -3.59. The van der Waals surface area contributed by atoms with Crippen LogP contribution >= 0.6 is 0 Å². The molecule has 1 N–H and O–H groups in total. The van der Waals surface area contributed by atoms with Crippen molar-refractivity contribution in [2.75, 3.05) is 24.4 Å². The lowest BCUT2D eigenvalue weighted by molar-refractivity contribution is 0.258. The van der Waals surface area contributed by atoms with E-state index in [4.69, 9.17) is 0 Å². The molecule has 2 aliphatic rings. The standard InChI is InChI=1S/C14H20FN3O2S/c1-11-9-14(6-7-16-11)10-17(2)21(19,20)18(14)13-5-3-4-12(15)8-13/h3-5,8,11,16H,6-7,9-10H2,1-2H3/t11-,14+/m0/s1. The zero-order chi connectivity index (χ0) is 15.3. The van der Waals surface area contributed by atoms with Crippen LogP contribution in [0.1, 0.15) is 19.8 Å². The van der Waals surface area contributed by atoms with Gasteiger partial charge in [-0.1, -0.05) is 6.07 Å². The van der Waals surface area contributed by atoms with E-state index in [1.165, 1.54) is 20.7 Å². The van der Waals surface area contributed by atoms with Crippen molar-refractivity contribution in [1.82, 2.24) is 9.62 Å². The van der Waals surface area contributed by atoms with Crippen LogP contribution in [0.15, 0.2) is 24.3 Å². The third-order valence-electron chi connectivity index (χ3n) is 4.38. The van der Waals surface area contributed by atoms with Crippen LogP contribution in [0.5, 0.6) is 0 Å². The zero-order valence-electron chi connectivity index (χ0n) is 12.2. The molecular formula is C14H20FN3O2S. The number of nitrogens with one attached hydrogen (secondary N) is 1. The van der Waals surface area contributed by atoms with Crippen LogP contribution in [0.3, 0.4) is 0 Å². The van der Waals surface area contributed by atoms with E-state index in [1.807, 2.05) is 0 Å². The summed E-state index contributed by atoms with van der Waals surface area (Å²) in [4.78, 5) is 0. The Labute approximate surface area is 124 Å². The van der Waals surface area contributed by atoms with Gasteiger partial charge in [0.1, 0.15) is 5.82 Å². The number of likely N-dealkylation sites (N-methyl/N-ethyl adjacent to an activating group) is 1. The maximum Gasteiger partial charge on any atom is 0.304 e. The van der Waals surface area contributed by atoms with Gasteiger partial charge in [0, 0.05) is 19.6 Å². The summed E-state index contributed by atoms with van der Waals surface area (Å²) >= 11 is 0. The SMILES string of the molecule is C[C@H]1C[C@]2(CCN1)CN(C)S(=O)(=O)N2c1cccc(F)c1. The van der Waals surface area contributed by atoms with Crippen LogP contribution in [-0.4, -0.2) is 44.4 Å². The van der Waals surface area contributed by atoms with Crippen molar-refractivity contribution >= 4 is 15.9 Å². The molecular weight excluding hydrogens is 293 g/mol. The molecule has 2 atom stereocenters. The first kappa shape index (κ1) is 14.7. The summed E-state index contributed by atoms with van der Waals surface area (Å²) < 4.78 is 41.7. The normalized spacial score (nSPS) is 32.7. The summed E-state index contributed by atoms with van der Waals surface area (Å²) in [7, 11) is -2.01. The van der Waals surface area contributed by atoms with Gasteiger partial charge >= 0.3 is 10.2 Å². The quantitative estimate of drug-likeness (QED) is 0.851. The van der Waals surface area contributed by atoms with E-state index in [1.54, 1.807) is 19.2 Å². The zero-order valence-corrected chi connectivity index (χ0v) is 13.0. The Morgan fingerprint density at radius 1 is 1.43 bits per heavy atom. The van der Waals surface area contributed by atoms with Gasteiger partial charge in [-0.05, 0) is 44.5 Å². The average Bonchev–Trinajstić information content (AvgIpc) is 2.55. The number of halogens is 1. The molecule has 2 fully saturated rings. The van der Waals surface area contributed by atoms with Crippen molar-refractivity contribution in [3.63, 3.8) is 0 Å². The fourth-order valence-corrected chi connectivity index (χ4v) is 5.35. The molecule has 21 heavy (non-hydrogen) atoms. The number of benzene rings is 1. The lowest BCUT2D eigenvalue weighted by Crippen LogP contribution is -2.56. The topological polar surface area (TPSA) is 52.7 Å². The Bertz CT molecular complexity index is 651. The summed E-state index contributed by atoms with van der Waals surface area (Å²) in [5, 5.41) is 3.34. The molecule has 0 aliphatic carbocycles. The van der Waals surface area contributed by atoms with Crippen LogP contribution < -0.4 is 9.62 Å². The van der Waals surface area contributed by atoms with Crippen molar-refractivity contribution in [2.45, 2.75) is 31.3 Å². The van der Waals surface area contributed by atoms with E-state index in [2.05, 4.69) is 12.2 Å². The molecule has 1 aromatic carbocycles. The Morgan fingerprint density at radius 2 is 2.19 bits per heavy atom. The molecule has 0 saturated carbocycles. The number of piperidine rings is 1. The van der Waals surface area contributed by atoms with E-state index in [0.29, 0.717) is 18.7 Å². The Kier molecular flexibility index (Phi) is 3.46. The highest BCUT2D eigenvalue weighted by Gasteiger charge is 2.54. The second kappa shape index (κ2) is 4.93. The molecule has 3 rings (SSSR count). The second-order valence-corrected chi connectivity index (χ2v) is 7.93. The van der Waals surface area contributed by atoms with E-state index >= 15 is 0 Å². The van der Waals surface area contributed by atoms with Gasteiger partial charge < -0.3 is 5.32 Å². The smallest absolute Gasteiger partial charge is 0.304 e. The van der Waals surface area contributed by atoms with Gasteiger partial charge in [-0.15, -0.1) is 0 Å². The average molecular weight is 313 g/mol. The summed E-state index contributed by atoms with van der Waals surface area (Å²) in [6.45, 7) is 3.25. The predicted molar refractivity (Wildman–Crippen MR) is 79.9 cm³/mol. The summed E-state index contributed by atoms with van der Waals surface area (Å²) in [5.41, 5.74) is -0.0834. The van der Waals surface area contributed by atoms with Gasteiger partial charge in [0.15, 0.2) is 0 Å². The summed E-state index contributed by atoms with van der Waals surface area (Å²) in [5.74, 6) is -0.422. The van der Waals surface area contributed by atoms with Crippen molar-refractivity contribution in [3.8, 4) is 0 Å². The highest BCUT2D eigenvalue weighted by molar-refractivity contribution is 7.90. The molecule has 2 aliphatic heterocycles. The number of hydrogen-bond donors (Lipinski definition) is 1. The molecule has 7 heteroatoms. The first-order valence-corrected chi connectivity index (χ1v) is 8.50. The van der Waals surface area contributed by atoms with Crippen molar-refractivity contribution in [3.05, 3.63) is 30.1 Å². The van der Waals surface area contributed by atoms with E-state index in [9.17, 15) is 12.8 Å². The van der Waals surface area contributed by atoms with Gasteiger partial charge in [0.25, 0.3) is 0 Å². The minimum absolute atomic E-state index is 0.233. The van der Waals surface area contributed by atoms with Gasteiger partial charge in [-0.25, -0.2) is 4.39 Å². The number of hydrogen-bond acceptors (Lipinski definition) is 3. The summed E-state index contributed by atoms with van der Waals surface area (Å²) in [6.07, 6.45) is 1.44. The molecule has 5 nitrogen and oxygen atoms in total. The van der Waals surface area contributed by atoms with Gasteiger partial charge in [0.2, 0.25) is 0 Å². The maximum atomic E-state index is 13.6. The predicted octanol–water partition coefficient (Wildman–Crippen LogP) is 1.33. The van der Waals surface area contributed by atoms with Gasteiger partial charge in [-0.3, -0.25) is 4.31 Å². The molecule has 0 amide bonds. The van der Waals surface area contributed by atoms with Crippen LogP contribution in [0.25, 0.3) is 0 Å². The van der Waals surface area contributed by atoms with Crippen LogP contribution in [0.2, 0.25) is 0 Å². The third kappa shape index (κ3) is 2.33. The third-order valence-corrected chi connectivity index (χ3v) is 6.36. The fourth-order valence-electron chi connectivity index (χ4n) is 3.58. The first-order valence-electron chi connectivity index (χ1n) is 7.11. The molecule has 1 spiro atoms. The summed E-state index contributed by atoms with van der Waals surface area (Å²) in [6, 6.07) is 6.07. The van der Waals surface area contributed by atoms with E-state index in [0.717, 1.165) is 13.0 Å². The Hall–Kier alpha value is -1.18.